The van der Waals surface area contributed by atoms with Crippen LogP contribution in [-0.2, 0) is 24.4 Å². The first-order valence-electron chi connectivity index (χ1n) is 11.8. The molecule has 10 heteroatoms. The number of fused-ring (bicyclic) bond motifs is 1. The second kappa shape index (κ2) is 10.6. The van der Waals surface area contributed by atoms with E-state index in [1.807, 2.05) is 42.5 Å². The van der Waals surface area contributed by atoms with E-state index >= 15 is 0 Å². The summed E-state index contributed by atoms with van der Waals surface area (Å²) >= 11 is 6.44. The summed E-state index contributed by atoms with van der Waals surface area (Å²) in [6, 6.07) is 13.6. The second-order valence-electron chi connectivity index (χ2n) is 8.85. The molecule has 0 saturated carbocycles. The van der Waals surface area contributed by atoms with Crippen molar-refractivity contribution in [1.82, 2.24) is 19.7 Å². The molecule has 5 rings (SSSR count). The lowest BCUT2D eigenvalue weighted by Crippen LogP contribution is -2.50. The van der Waals surface area contributed by atoms with Gasteiger partial charge in [-0.05, 0) is 29.3 Å². The molecule has 0 aliphatic carbocycles. The minimum atomic E-state index is -0.193. The van der Waals surface area contributed by atoms with Crippen molar-refractivity contribution in [3.63, 3.8) is 0 Å². The molecule has 1 aromatic heterocycles. The molecule has 2 aromatic carbocycles. The minimum Gasteiger partial charge on any atom is -0.454 e. The highest BCUT2D eigenvalue weighted by Gasteiger charge is 2.26. The number of hydrogen-bond acceptors (Lipinski definition) is 7. The Morgan fingerprint density at radius 1 is 0.972 bits per heavy atom. The first-order chi connectivity index (χ1) is 17.5. The molecule has 188 valence electrons. The van der Waals surface area contributed by atoms with Crippen molar-refractivity contribution < 1.29 is 23.5 Å². The molecule has 2 aliphatic rings. The third-order valence-electron chi connectivity index (χ3n) is 6.34. The number of carbonyl (C=O) groups excluding carboxylic acids is 2. The van der Waals surface area contributed by atoms with E-state index < -0.39 is 0 Å². The van der Waals surface area contributed by atoms with Crippen molar-refractivity contribution in [3.05, 3.63) is 76.5 Å². The molecular formula is C26H27ClN4O5. The van der Waals surface area contributed by atoms with Crippen LogP contribution < -0.4 is 9.47 Å². The predicted octanol–water partition coefficient (Wildman–Crippen LogP) is 3.56. The highest BCUT2D eigenvalue weighted by Crippen LogP contribution is 2.33. The van der Waals surface area contributed by atoms with Gasteiger partial charge in [0.25, 0.3) is 5.91 Å². The average Bonchev–Trinajstić information content (AvgIpc) is 3.54. The molecule has 9 nitrogen and oxygen atoms in total. The Labute approximate surface area is 214 Å². The molecule has 36 heavy (non-hydrogen) atoms. The lowest BCUT2D eigenvalue weighted by atomic mass is 10.1. The van der Waals surface area contributed by atoms with Crippen LogP contribution in [0.3, 0.4) is 0 Å². The van der Waals surface area contributed by atoms with Gasteiger partial charge in [0.2, 0.25) is 18.6 Å². The Kier molecular flexibility index (Phi) is 7.11. The van der Waals surface area contributed by atoms with Crippen LogP contribution in [0.2, 0.25) is 5.02 Å². The monoisotopic (exact) mass is 510 g/mol. The van der Waals surface area contributed by atoms with Crippen LogP contribution in [0.15, 0.2) is 53.1 Å². The Balaban J connectivity index is 1.29. The molecule has 0 radical (unpaired) electrons. The normalized spacial score (nSPS) is 15.0. The van der Waals surface area contributed by atoms with Gasteiger partial charge >= 0.3 is 0 Å². The lowest BCUT2D eigenvalue weighted by molar-refractivity contribution is -0.130. The van der Waals surface area contributed by atoms with Gasteiger partial charge in [-0.25, -0.2) is 4.98 Å². The van der Waals surface area contributed by atoms with Gasteiger partial charge in [0.15, 0.2) is 17.2 Å². The molecule has 2 amide bonds. The SMILES string of the molecule is CC(=O)N1CCN(C(=O)c2coc(CN(Cc3ccc4c(c3)OCO4)Cc3ccccc3Cl)n2)CC1. The number of oxazole rings is 1. The summed E-state index contributed by atoms with van der Waals surface area (Å²) in [7, 11) is 0. The number of benzene rings is 2. The first-order valence-corrected chi connectivity index (χ1v) is 12.2. The molecule has 0 unspecified atom stereocenters. The number of aromatic nitrogens is 1. The van der Waals surface area contributed by atoms with Crippen molar-refractivity contribution in [2.75, 3.05) is 33.0 Å². The maximum atomic E-state index is 13.0. The number of carbonyl (C=O) groups is 2. The van der Waals surface area contributed by atoms with E-state index in [1.54, 1.807) is 16.7 Å². The van der Waals surface area contributed by atoms with Crippen LogP contribution >= 0.6 is 11.6 Å². The van der Waals surface area contributed by atoms with Crippen molar-refractivity contribution >= 4 is 23.4 Å². The third-order valence-corrected chi connectivity index (χ3v) is 6.71. The van der Waals surface area contributed by atoms with E-state index in [9.17, 15) is 9.59 Å². The van der Waals surface area contributed by atoms with Crippen molar-refractivity contribution in [1.29, 1.82) is 0 Å². The van der Waals surface area contributed by atoms with Crippen LogP contribution in [0.5, 0.6) is 11.5 Å². The summed E-state index contributed by atoms with van der Waals surface area (Å²) in [5, 5.41) is 0.682. The maximum Gasteiger partial charge on any atom is 0.275 e. The third kappa shape index (κ3) is 5.47. The van der Waals surface area contributed by atoms with Crippen LogP contribution in [0, 0.1) is 0 Å². The van der Waals surface area contributed by atoms with Crippen LogP contribution in [0.4, 0.5) is 0 Å². The lowest BCUT2D eigenvalue weighted by Gasteiger charge is -2.33. The second-order valence-corrected chi connectivity index (χ2v) is 9.26. The molecule has 3 heterocycles. The van der Waals surface area contributed by atoms with Gasteiger partial charge in [-0.1, -0.05) is 35.9 Å². The van der Waals surface area contributed by atoms with Gasteiger partial charge in [-0.15, -0.1) is 0 Å². The zero-order chi connectivity index (χ0) is 25.1. The predicted molar refractivity (Wildman–Crippen MR) is 132 cm³/mol. The zero-order valence-electron chi connectivity index (χ0n) is 20.0. The number of rotatable bonds is 7. The Hall–Kier alpha value is -3.56. The number of piperazine rings is 1. The first kappa shape index (κ1) is 24.1. The van der Waals surface area contributed by atoms with Crippen LogP contribution in [0.25, 0.3) is 0 Å². The minimum absolute atomic E-state index is 0.0203. The van der Waals surface area contributed by atoms with E-state index in [2.05, 4.69) is 9.88 Å². The van der Waals surface area contributed by atoms with E-state index in [4.69, 9.17) is 25.5 Å². The van der Waals surface area contributed by atoms with Crippen molar-refractivity contribution in [2.45, 2.75) is 26.6 Å². The highest BCUT2D eigenvalue weighted by molar-refractivity contribution is 6.31. The Morgan fingerprint density at radius 3 is 2.50 bits per heavy atom. The fraction of sp³-hybridized carbons (Fsp3) is 0.346. The van der Waals surface area contributed by atoms with Gasteiger partial charge in [0, 0.05) is 51.2 Å². The topological polar surface area (TPSA) is 88.4 Å². The van der Waals surface area contributed by atoms with Gasteiger partial charge in [-0.3, -0.25) is 14.5 Å². The summed E-state index contributed by atoms with van der Waals surface area (Å²) < 4.78 is 16.7. The quantitative estimate of drug-likeness (QED) is 0.480. The molecule has 1 fully saturated rings. The molecule has 0 N–H and O–H groups in total. The van der Waals surface area contributed by atoms with Crippen LogP contribution in [-0.4, -0.2) is 64.5 Å². The molecule has 2 aliphatic heterocycles. The number of hydrogen-bond donors (Lipinski definition) is 0. The highest BCUT2D eigenvalue weighted by atomic mass is 35.5. The largest absolute Gasteiger partial charge is 0.454 e. The fourth-order valence-electron chi connectivity index (χ4n) is 4.39. The van der Waals surface area contributed by atoms with E-state index in [0.717, 1.165) is 22.6 Å². The molecule has 3 aromatic rings. The summed E-state index contributed by atoms with van der Waals surface area (Å²) in [5.74, 6) is 1.72. The zero-order valence-corrected chi connectivity index (χ0v) is 20.7. The standard InChI is InChI=1S/C26H27ClN4O5/c1-18(32)30-8-10-31(11-9-30)26(33)22-16-34-25(28-22)15-29(14-20-4-2-3-5-21(20)27)13-19-6-7-23-24(12-19)36-17-35-23/h2-7,12,16H,8-11,13-15,17H2,1H3. The average molecular weight is 511 g/mol. The molecule has 1 saturated heterocycles. The smallest absolute Gasteiger partial charge is 0.275 e. The number of nitrogens with zero attached hydrogens (tertiary/aromatic N) is 4. The van der Waals surface area contributed by atoms with E-state index in [-0.39, 0.29) is 24.3 Å². The van der Waals surface area contributed by atoms with E-state index in [1.165, 1.54) is 6.26 Å². The number of ether oxygens (including phenoxy) is 2. The van der Waals surface area contributed by atoms with Crippen molar-refractivity contribution in [2.24, 2.45) is 0 Å². The maximum absolute atomic E-state index is 13.0. The summed E-state index contributed by atoms with van der Waals surface area (Å²) in [4.78, 5) is 34.6. The molecule has 0 atom stereocenters. The summed E-state index contributed by atoms with van der Waals surface area (Å²) in [5.41, 5.74) is 2.28. The van der Waals surface area contributed by atoms with E-state index in [0.29, 0.717) is 56.7 Å². The fourth-order valence-corrected chi connectivity index (χ4v) is 4.59. The number of halogens is 1. The van der Waals surface area contributed by atoms with Crippen LogP contribution in [0.1, 0.15) is 34.4 Å². The molecular weight excluding hydrogens is 484 g/mol. The Bertz CT molecular complexity index is 1250. The van der Waals surface area contributed by atoms with Gasteiger partial charge in [0.05, 0.1) is 6.54 Å². The van der Waals surface area contributed by atoms with Gasteiger partial charge < -0.3 is 23.7 Å². The van der Waals surface area contributed by atoms with Crippen molar-refractivity contribution in [3.8, 4) is 11.5 Å². The number of amides is 2. The summed E-state index contributed by atoms with van der Waals surface area (Å²) in [6.07, 6.45) is 1.41. The summed E-state index contributed by atoms with van der Waals surface area (Å²) in [6.45, 7) is 5.28. The van der Waals surface area contributed by atoms with Gasteiger partial charge in [-0.2, -0.15) is 0 Å². The molecule has 0 spiro atoms. The Morgan fingerprint density at radius 2 is 1.72 bits per heavy atom. The van der Waals surface area contributed by atoms with Gasteiger partial charge in [0.1, 0.15) is 6.26 Å². The molecule has 0 bridgehead atoms.